The fourth-order valence-electron chi connectivity index (χ4n) is 3.57. The van der Waals surface area contributed by atoms with E-state index >= 15 is 0 Å². The molecule has 8 heteroatoms. The fourth-order valence-corrected chi connectivity index (χ4v) is 5.09. The van der Waals surface area contributed by atoms with Crippen LogP contribution in [0.1, 0.15) is 39.5 Å². The van der Waals surface area contributed by atoms with Crippen LogP contribution in [0.5, 0.6) is 0 Å². The quantitative estimate of drug-likeness (QED) is 0.599. The summed E-state index contributed by atoms with van der Waals surface area (Å²) in [5.41, 5.74) is 0.895. The number of benzene rings is 2. The molecule has 3 N–H and O–H groups in total. The van der Waals surface area contributed by atoms with Crippen molar-refractivity contribution in [3.05, 3.63) is 36.4 Å². The Bertz CT molecular complexity index is 960. The Hall–Kier alpha value is -2.16. The number of nitrogens with one attached hydrogen (secondary N) is 2. The highest BCUT2D eigenvalue weighted by Gasteiger charge is 2.30. The van der Waals surface area contributed by atoms with Gasteiger partial charge in [-0.3, -0.25) is 4.79 Å². The van der Waals surface area contributed by atoms with E-state index in [-0.39, 0.29) is 10.8 Å². The van der Waals surface area contributed by atoms with Gasteiger partial charge in [-0.15, -0.1) is 0 Å². The van der Waals surface area contributed by atoms with Crippen molar-refractivity contribution in [3.8, 4) is 0 Å². The lowest BCUT2D eigenvalue weighted by Crippen LogP contribution is -2.44. The number of hydrogen-bond acceptors (Lipinski definition) is 5. The van der Waals surface area contributed by atoms with Crippen molar-refractivity contribution in [2.24, 2.45) is 5.92 Å². The van der Waals surface area contributed by atoms with Crippen molar-refractivity contribution in [1.29, 1.82) is 0 Å². The number of aliphatic carboxylic acids is 1. The second kappa shape index (κ2) is 11.5. The third-order valence-corrected chi connectivity index (χ3v) is 7.10. The Morgan fingerprint density at radius 3 is 2.19 bits per heavy atom. The Balaban J connectivity index is 0.000000488. The van der Waals surface area contributed by atoms with Crippen molar-refractivity contribution in [1.82, 2.24) is 10.0 Å². The van der Waals surface area contributed by atoms with Gasteiger partial charge in [-0.05, 0) is 44.0 Å². The molecule has 0 amide bonds. The summed E-state index contributed by atoms with van der Waals surface area (Å²) in [6, 6.07) is 9.29. The Morgan fingerprint density at radius 1 is 1.10 bits per heavy atom. The lowest BCUT2D eigenvalue weighted by Gasteiger charge is -2.21. The van der Waals surface area contributed by atoms with Crippen LogP contribution in [0.15, 0.2) is 41.3 Å². The zero-order valence-corrected chi connectivity index (χ0v) is 19.7. The van der Waals surface area contributed by atoms with Gasteiger partial charge in [0.1, 0.15) is 6.04 Å². The van der Waals surface area contributed by atoms with E-state index in [0.717, 1.165) is 11.1 Å². The molecule has 2 aromatic rings. The van der Waals surface area contributed by atoms with Gasteiger partial charge in [0.15, 0.2) is 0 Å². The van der Waals surface area contributed by atoms with Crippen LogP contribution >= 0.6 is 0 Å². The number of piperidine rings is 1. The zero-order valence-electron chi connectivity index (χ0n) is 18.9. The maximum absolute atomic E-state index is 12.9. The first-order valence-corrected chi connectivity index (χ1v) is 12.3. The number of hydrogen-bond donors (Lipinski definition) is 3. The van der Waals surface area contributed by atoms with Crippen LogP contribution in [0.3, 0.4) is 0 Å². The minimum Gasteiger partial charge on any atom is -0.480 e. The third-order valence-electron chi connectivity index (χ3n) is 5.60. The van der Waals surface area contributed by atoms with Crippen LogP contribution in [0.25, 0.3) is 10.8 Å². The minimum absolute atomic E-state index is 0.0863. The summed E-state index contributed by atoms with van der Waals surface area (Å²) in [7, 11) is -0.205. The highest BCUT2D eigenvalue weighted by molar-refractivity contribution is 7.89. The number of carboxylic acid groups (broad SMARTS) is 1. The summed E-state index contributed by atoms with van der Waals surface area (Å²) < 4.78 is 28.1. The maximum atomic E-state index is 12.9. The topological polar surface area (TPSA) is 98.7 Å². The van der Waals surface area contributed by atoms with Gasteiger partial charge in [0.2, 0.25) is 10.0 Å². The average Bonchev–Trinajstić information content (AvgIpc) is 2.77. The molecular formula is C23H35N3O4S. The predicted molar refractivity (Wildman–Crippen MR) is 126 cm³/mol. The molecule has 1 heterocycles. The van der Waals surface area contributed by atoms with Gasteiger partial charge >= 0.3 is 5.97 Å². The summed E-state index contributed by atoms with van der Waals surface area (Å²) in [5.74, 6) is -1.49. The molecule has 31 heavy (non-hydrogen) atoms. The Labute approximate surface area is 185 Å². The van der Waals surface area contributed by atoms with Gasteiger partial charge in [0.25, 0.3) is 0 Å². The number of carbonyl (C=O) groups is 1. The lowest BCUT2D eigenvalue weighted by atomic mass is 10.0. The van der Waals surface area contributed by atoms with Crippen LogP contribution in [-0.4, -0.2) is 52.7 Å². The van der Waals surface area contributed by atoms with Crippen LogP contribution in [-0.2, 0) is 14.8 Å². The van der Waals surface area contributed by atoms with Crippen molar-refractivity contribution in [2.45, 2.75) is 50.5 Å². The standard InChI is InChI=1S/C18H24N2O4S.C5H11N/c1-5-12(2)17(18(21)22)19-25(23,24)16-11-7-8-13-14(16)9-6-10-15(13)20(3)4;1-2-4-6-5-3-1/h6-12,17,19H,5H2,1-4H3,(H,21,22);6H,1-5H2/t12-,17-;/m0./s1. The van der Waals surface area contributed by atoms with E-state index in [4.69, 9.17) is 0 Å². The SMILES string of the molecule is C1CCNCC1.CC[C@H](C)[C@H](NS(=O)(=O)c1cccc2c(N(C)C)cccc12)C(=O)O. The summed E-state index contributed by atoms with van der Waals surface area (Å²) in [5, 5.41) is 14.0. The molecule has 0 saturated carbocycles. The summed E-state index contributed by atoms with van der Waals surface area (Å²) in [4.78, 5) is 13.5. The number of fused-ring (bicyclic) bond motifs is 1. The van der Waals surface area contributed by atoms with E-state index in [9.17, 15) is 18.3 Å². The molecular weight excluding hydrogens is 414 g/mol. The Morgan fingerprint density at radius 2 is 1.71 bits per heavy atom. The maximum Gasteiger partial charge on any atom is 0.322 e. The molecule has 172 valence electrons. The molecule has 0 spiro atoms. The van der Waals surface area contributed by atoms with Gasteiger partial charge < -0.3 is 15.3 Å². The summed E-state index contributed by atoms with van der Waals surface area (Å²) in [6.45, 7) is 6.05. The molecule has 2 atom stereocenters. The molecule has 7 nitrogen and oxygen atoms in total. The molecule has 0 radical (unpaired) electrons. The largest absolute Gasteiger partial charge is 0.480 e. The molecule has 1 saturated heterocycles. The van der Waals surface area contributed by atoms with Crippen LogP contribution < -0.4 is 14.9 Å². The first kappa shape index (κ1) is 25.1. The van der Waals surface area contributed by atoms with Crippen molar-refractivity contribution in [2.75, 3.05) is 32.1 Å². The van der Waals surface area contributed by atoms with Gasteiger partial charge in [0, 0.05) is 30.6 Å². The number of sulfonamides is 1. The minimum atomic E-state index is -3.98. The lowest BCUT2D eigenvalue weighted by molar-refractivity contribution is -0.140. The van der Waals surface area contributed by atoms with E-state index in [2.05, 4.69) is 10.0 Å². The van der Waals surface area contributed by atoms with Gasteiger partial charge in [-0.25, -0.2) is 8.42 Å². The van der Waals surface area contributed by atoms with E-state index in [1.165, 1.54) is 38.4 Å². The van der Waals surface area contributed by atoms with Gasteiger partial charge in [0.05, 0.1) is 4.90 Å². The molecule has 0 aliphatic carbocycles. The second-order valence-electron chi connectivity index (χ2n) is 8.16. The van der Waals surface area contributed by atoms with Gasteiger partial charge in [-0.2, -0.15) is 4.72 Å². The second-order valence-corrected chi connectivity index (χ2v) is 9.84. The molecule has 3 rings (SSSR count). The first-order chi connectivity index (χ1) is 14.7. The molecule has 1 fully saturated rings. The van der Waals surface area contributed by atoms with Crippen molar-refractivity contribution >= 4 is 32.5 Å². The van der Waals surface area contributed by atoms with Gasteiger partial charge in [-0.1, -0.05) is 51.0 Å². The first-order valence-electron chi connectivity index (χ1n) is 10.8. The molecule has 1 aliphatic heterocycles. The monoisotopic (exact) mass is 449 g/mol. The van der Waals surface area contributed by atoms with E-state index in [0.29, 0.717) is 11.8 Å². The normalized spacial score (nSPS) is 16.1. The summed E-state index contributed by atoms with van der Waals surface area (Å²) in [6.07, 6.45) is 4.77. The predicted octanol–water partition coefficient (Wildman–Crippen LogP) is 3.44. The van der Waals surface area contributed by atoms with Crippen LogP contribution in [0.4, 0.5) is 5.69 Å². The highest BCUT2D eigenvalue weighted by Crippen LogP contribution is 2.30. The zero-order chi connectivity index (χ0) is 23.0. The third kappa shape index (κ3) is 6.66. The highest BCUT2D eigenvalue weighted by atomic mass is 32.2. The fraction of sp³-hybridized carbons (Fsp3) is 0.522. The molecule has 2 aromatic carbocycles. The number of anilines is 1. The smallest absolute Gasteiger partial charge is 0.322 e. The molecule has 0 aromatic heterocycles. The van der Waals surface area contributed by atoms with E-state index in [1.807, 2.05) is 38.1 Å². The number of rotatable bonds is 7. The molecule has 0 unspecified atom stereocenters. The summed E-state index contributed by atoms with van der Waals surface area (Å²) >= 11 is 0. The average molecular weight is 450 g/mol. The number of carboxylic acids is 1. The van der Waals surface area contributed by atoms with Crippen LogP contribution in [0.2, 0.25) is 0 Å². The molecule has 0 bridgehead atoms. The van der Waals surface area contributed by atoms with Crippen LogP contribution in [0, 0.1) is 5.92 Å². The van der Waals surface area contributed by atoms with Crippen molar-refractivity contribution in [3.63, 3.8) is 0 Å². The van der Waals surface area contributed by atoms with E-state index in [1.54, 1.807) is 25.1 Å². The Kier molecular flexibility index (Phi) is 9.28. The van der Waals surface area contributed by atoms with Crippen molar-refractivity contribution < 1.29 is 18.3 Å². The van der Waals surface area contributed by atoms with E-state index < -0.39 is 22.0 Å². The molecule has 1 aliphatic rings. The number of nitrogens with zero attached hydrogens (tertiary/aromatic N) is 1.